The monoisotopic (exact) mass is 457 g/mol. The fourth-order valence-electron chi connectivity index (χ4n) is 3.65. The van der Waals surface area contributed by atoms with Gasteiger partial charge in [0.1, 0.15) is 0 Å². The van der Waals surface area contributed by atoms with Gasteiger partial charge in [0.05, 0.1) is 23.0 Å². The van der Waals surface area contributed by atoms with Crippen LogP contribution >= 0.6 is 0 Å². The molecular formula is C19H27N3O6S2. The molecule has 1 amide bonds. The Labute approximate surface area is 177 Å². The quantitative estimate of drug-likeness (QED) is 0.619. The Kier molecular flexibility index (Phi) is 6.98. The van der Waals surface area contributed by atoms with E-state index >= 15 is 0 Å². The van der Waals surface area contributed by atoms with Crippen LogP contribution in [-0.4, -0.2) is 76.8 Å². The molecule has 30 heavy (non-hydrogen) atoms. The maximum absolute atomic E-state index is 13.0. The lowest BCUT2D eigenvalue weighted by Crippen LogP contribution is -2.51. The molecule has 11 heteroatoms. The van der Waals surface area contributed by atoms with Gasteiger partial charge in [0, 0.05) is 32.2 Å². The predicted molar refractivity (Wildman–Crippen MR) is 111 cm³/mol. The molecule has 1 aromatic carbocycles. The zero-order valence-electron chi connectivity index (χ0n) is 16.9. The number of sulfonamides is 2. The second-order valence-corrected chi connectivity index (χ2v) is 11.3. The second kappa shape index (κ2) is 9.15. The molecule has 9 nitrogen and oxygen atoms in total. The van der Waals surface area contributed by atoms with E-state index in [1.165, 1.54) is 39.0 Å². The van der Waals surface area contributed by atoms with Crippen LogP contribution in [0.15, 0.2) is 46.7 Å². The molecule has 0 spiro atoms. The van der Waals surface area contributed by atoms with Gasteiger partial charge in [-0.25, -0.2) is 16.8 Å². The lowest BCUT2D eigenvalue weighted by atomic mass is 9.95. The van der Waals surface area contributed by atoms with Crippen molar-refractivity contribution in [1.29, 1.82) is 0 Å². The molecule has 1 N–H and O–H groups in total. The Hall–Kier alpha value is -1.79. The first-order valence-corrected chi connectivity index (χ1v) is 12.7. The summed E-state index contributed by atoms with van der Waals surface area (Å²) in [7, 11) is -7.45. The smallest absolute Gasteiger partial charge is 0.243 e. The summed E-state index contributed by atoms with van der Waals surface area (Å²) in [6, 6.07) is 5.21. The van der Waals surface area contributed by atoms with E-state index in [9.17, 15) is 21.6 Å². The minimum atomic E-state index is -3.77. The molecule has 2 fully saturated rings. The van der Waals surface area contributed by atoms with Crippen LogP contribution in [0.5, 0.6) is 0 Å². The molecule has 2 heterocycles. The van der Waals surface area contributed by atoms with Crippen LogP contribution in [-0.2, 0) is 29.6 Å². The number of nitrogens with zero attached hydrogens (tertiary/aromatic N) is 2. The van der Waals surface area contributed by atoms with Crippen LogP contribution in [0.25, 0.3) is 0 Å². The summed E-state index contributed by atoms with van der Waals surface area (Å²) >= 11 is 0. The van der Waals surface area contributed by atoms with Gasteiger partial charge in [0.15, 0.2) is 0 Å². The van der Waals surface area contributed by atoms with Crippen molar-refractivity contribution in [3.8, 4) is 0 Å². The molecule has 2 unspecified atom stereocenters. The number of amides is 1. The molecule has 0 bridgehead atoms. The van der Waals surface area contributed by atoms with Crippen LogP contribution in [0.4, 0.5) is 0 Å². The molecule has 2 aliphatic rings. The van der Waals surface area contributed by atoms with E-state index in [4.69, 9.17) is 4.74 Å². The van der Waals surface area contributed by atoms with Crippen molar-refractivity contribution in [2.45, 2.75) is 29.2 Å². The van der Waals surface area contributed by atoms with Gasteiger partial charge in [-0.1, -0.05) is 13.5 Å². The van der Waals surface area contributed by atoms with E-state index in [-0.39, 0.29) is 53.8 Å². The minimum absolute atomic E-state index is 0.0456. The summed E-state index contributed by atoms with van der Waals surface area (Å²) in [5, 5.41) is 2.83. The first-order valence-electron chi connectivity index (χ1n) is 9.77. The standard InChI is InChI=1S/C19H27N3O6S2/c1-3-19(23)20-18-8-9-22(14-15(18)2)30(26,27)17-6-4-16(5-7-17)29(24,25)21-10-12-28-13-11-21/h3-7,15,18H,1,8-14H2,2H3,(H,20,23). The van der Waals surface area contributed by atoms with Crippen molar-refractivity contribution >= 4 is 26.0 Å². The number of benzene rings is 1. The van der Waals surface area contributed by atoms with Crippen molar-refractivity contribution in [2.75, 3.05) is 39.4 Å². The summed E-state index contributed by atoms with van der Waals surface area (Å²) in [6.07, 6.45) is 1.69. The fourth-order valence-corrected chi connectivity index (χ4v) is 6.61. The molecular weight excluding hydrogens is 430 g/mol. The number of ether oxygens (including phenoxy) is 1. The van der Waals surface area contributed by atoms with Gasteiger partial charge in [0.2, 0.25) is 26.0 Å². The third kappa shape index (κ3) is 4.75. The molecule has 0 saturated carbocycles. The maximum atomic E-state index is 13.0. The van der Waals surface area contributed by atoms with Gasteiger partial charge in [-0.05, 0) is 42.7 Å². The Morgan fingerprint density at radius 1 is 1.03 bits per heavy atom. The average molecular weight is 458 g/mol. The Morgan fingerprint density at radius 2 is 1.57 bits per heavy atom. The topological polar surface area (TPSA) is 113 Å². The highest BCUT2D eigenvalue weighted by Gasteiger charge is 2.34. The molecule has 2 saturated heterocycles. The summed E-state index contributed by atoms with van der Waals surface area (Å²) in [4.78, 5) is 11.6. The van der Waals surface area contributed by atoms with Crippen LogP contribution in [0.2, 0.25) is 0 Å². The van der Waals surface area contributed by atoms with Gasteiger partial charge in [-0.15, -0.1) is 0 Å². The molecule has 1 aromatic rings. The van der Waals surface area contributed by atoms with Crippen molar-refractivity contribution in [1.82, 2.24) is 13.9 Å². The second-order valence-electron chi connectivity index (χ2n) is 7.44. The third-order valence-corrected chi connectivity index (χ3v) is 9.24. The van der Waals surface area contributed by atoms with Gasteiger partial charge >= 0.3 is 0 Å². The van der Waals surface area contributed by atoms with Crippen LogP contribution in [0.1, 0.15) is 13.3 Å². The van der Waals surface area contributed by atoms with Crippen LogP contribution in [0, 0.1) is 5.92 Å². The molecule has 3 rings (SSSR count). The zero-order chi connectivity index (χ0) is 21.9. The van der Waals surface area contributed by atoms with E-state index in [1.807, 2.05) is 6.92 Å². The lowest BCUT2D eigenvalue weighted by Gasteiger charge is -2.36. The molecule has 2 aliphatic heterocycles. The number of carbonyl (C=O) groups is 1. The Morgan fingerprint density at radius 3 is 2.07 bits per heavy atom. The lowest BCUT2D eigenvalue weighted by molar-refractivity contribution is -0.117. The number of hydrogen-bond donors (Lipinski definition) is 1. The van der Waals surface area contributed by atoms with Gasteiger partial charge in [0.25, 0.3) is 0 Å². The third-order valence-electron chi connectivity index (χ3n) is 5.45. The molecule has 0 aliphatic carbocycles. The first-order chi connectivity index (χ1) is 14.2. The van der Waals surface area contributed by atoms with Crippen molar-refractivity contribution in [3.05, 3.63) is 36.9 Å². The number of rotatable bonds is 6. The first kappa shape index (κ1) is 22.9. The van der Waals surface area contributed by atoms with Crippen LogP contribution in [0.3, 0.4) is 0 Å². The van der Waals surface area contributed by atoms with E-state index in [2.05, 4.69) is 11.9 Å². The number of nitrogens with one attached hydrogen (secondary N) is 1. The molecule has 2 atom stereocenters. The highest BCUT2D eigenvalue weighted by molar-refractivity contribution is 7.89. The van der Waals surface area contributed by atoms with E-state index < -0.39 is 20.0 Å². The normalized spacial score (nSPS) is 24.3. The Balaban J connectivity index is 1.72. The van der Waals surface area contributed by atoms with Crippen LogP contribution < -0.4 is 5.32 Å². The number of piperidine rings is 1. The van der Waals surface area contributed by atoms with Gasteiger partial charge in [-0.2, -0.15) is 8.61 Å². The minimum Gasteiger partial charge on any atom is -0.379 e. The average Bonchev–Trinajstić information content (AvgIpc) is 2.75. The SMILES string of the molecule is C=CC(=O)NC1CCN(S(=O)(=O)c2ccc(S(=O)(=O)N3CCOCC3)cc2)CC1C. The van der Waals surface area contributed by atoms with Crippen molar-refractivity contribution in [2.24, 2.45) is 5.92 Å². The maximum Gasteiger partial charge on any atom is 0.243 e. The van der Waals surface area contributed by atoms with Crippen molar-refractivity contribution < 1.29 is 26.4 Å². The molecule has 166 valence electrons. The zero-order valence-corrected chi connectivity index (χ0v) is 18.5. The summed E-state index contributed by atoms with van der Waals surface area (Å²) in [5.74, 6) is -0.349. The Bertz CT molecular complexity index is 986. The van der Waals surface area contributed by atoms with E-state index in [1.54, 1.807) is 0 Å². The summed E-state index contributed by atoms with van der Waals surface area (Å²) < 4.78 is 59.4. The largest absolute Gasteiger partial charge is 0.379 e. The summed E-state index contributed by atoms with van der Waals surface area (Å²) in [6.45, 7) is 7.07. The highest BCUT2D eigenvalue weighted by Crippen LogP contribution is 2.26. The highest BCUT2D eigenvalue weighted by atomic mass is 32.2. The van der Waals surface area contributed by atoms with Crippen molar-refractivity contribution in [3.63, 3.8) is 0 Å². The number of hydrogen-bond acceptors (Lipinski definition) is 6. The van der Waals surface area contributed by atoms with Gasteiger partial charge < -0.3 is 10.1 Å². The van der Waals surface area contributed by atoms with E-state index in [0.717, 1.165) is 0 Å². The number of carbonyl (C=O) groups excluding carboxylic acids is 1. The predicted octanol–water partition coefficient (Wildman–Crippen LogP) is 0.409. The van der Waals surface area contributed by atoms with E-state index in [0.29, 0.717) is 19.6 Å². The number of morpholine rings is 1. The summed E-state index contributed by atoms with van der Waals surface area (Å²) in [5.41, 5.74) is 0. The molecule has 0 aromatic heterocycles. The fraction of sp³-hybridized carbons (Fsp3) is 0.526. The van der Waals surface area contributed by atoms with Gasteiger partial charge in [-0.3, -0.25) is 4.79 Å². The molecule has 0 radical (unpaired) electrons.